The molecular weight excluding hydrogens is 292 g/mol. The fraction of sp³-hybridized carbons (Fsp3) is 0.105. The molecule has 0 saturated heterocycles. The van der Waals surface area contributed by atoms with E-state index in [9.17, 15) is 4.79 Å². The van der Waals surface area contributed by atoms with Crippen LogP contribution in [0.2, 0.25) is 0 Å². The van der Waals surface area contributed by atoms with E-state index >= 15 is 0 Å². The van der Waals surface area contributed by atoms with Gasteiger partial charge in [0.2, 0.25) is 0 Å². The molecule has 23 heavy (non-hydrogen) atoms. The van der Waals surface area contributed by atoms with Crippen molar-refractivity contribution in [3.63, 3.8) is 0 Å². The number of carboxylic acid groups (broad SMARTS) is 1. The van der Waals surface area contributed by atoms with Crippen LogP contribution in [0.1, 0.15) is 11.1 Å². The summed E-state index contributed by atoms with van der Waals surface area (Å²) in [5, 5.41) is 8.78. The molecule has 0 aromatic heterocycles. The van der Waals surface area contributed by atoms with Crippen LogP contribution in [0, 0.1) is 0 Å². The zero-order valence-corrected chi connectivity index (χ0v) is 13.0. The lowest BCUT2D eigenvalue weighted by atomic mass is 9.97. The third-order valence-electron chi connectivity index (χ3n) is 3.26. The van der Waals surface area contributed by atoms with E-state index in [1.165, 1.54) is 6.08 Å². The molecule has 0 bridgehead atoms. The van der Waals surface area contributed by atoms with Gasteiger partial charge in [-0.05, 0) is 41.0 Å². The number of allylic oxidation sites excluding steroid dienone is 2. The lowest BCUT2D eigenvalue weighted by Gasteiger charge is -2.11. The molecule has 0 atom stereocenters. The van der Waals surface area contributed by atoms with Crippen molar-refractivity contribution < 1.29 is 19.4 Å². The van der Waals surface area contributed by atoms with Crippen LogP contribution < -0.4 is 9.47 Å². The van der Waals surface area contributed by atoms with Crippen LogP contribution in [-0.2, 0) is 4.79 Å². The van der Waals surface area contributed by atoms with Gasteiger partial charge in [0.05, 0.1) is 14.2 Å². The molecule has 0 amide bonds. The average molecular weight is 310 g/mol. The molecule has 0 radical (unpaired) electrons. The Kier molecular flexibility index (Phi) is 5.58. The molecule has 4 heteroatoms. The van der Waals surface area contributed by atoms with Crippen LogP contribution in [0.4, 0.5) is 0 Å². The first-order chi connectivity index (χ1) is 11.1. The Morgan fingerprint density at radius 1 is 0.957 bits per heavy atom. The summed E-state index contributed by atoms with van der Waals surface area (Å²) in [4.78, 5) is 10.7. The van der Waals surface area contributed by atoms with E-state index in [1.807, 2.05) is 48.5 Å². The normalized spacial score (nSPS) is 10.3. The van der Waals surface area contributed by atoms with Crippen molar-refractivity contribution in [3.8, 4) is 11.5 Å². The third-order valence-corrected chi connectivity index (χ3v) is 3.26. The SMILES string of the molecule is COc1cccc(C(=CC=CC(=O)O)c2cccc(OC)c2)c1. The van der Waals surface area contributed by atoms with Crippen molar-refractivity contribution in [2.45, 2.75) is 0 Å². The van der Waals surface area contributed by atoms with Crippen molar-refractivity contribution in [2.75, 3.05) is 14.2 Å². The topological polar surface area (TPSA) is 55.8 Å². The van der Waals surface area contributed by atoms with Gasteiger partial charge in [0.25, 0.3) is 0 Å². The van der Waals surface area contributed by atoms with Gasteiger partial charge in [-0.3, -0.25) is 0 Å². The molecule has 0 aliphatic rings. The second kappa shape index (κ2) is 7.84. The molecular formula is C19H18O4. The number of carbonyl (C=O) groups is 1. The minimum Gasteiger partial charge on any atom is -0.497 e. The number of carboxylic acids is 1. The van der Waals surface area contributed by atoms with Gasteiger partial charge in [0.1, 0.15) is 11.5 Å². The molecule has 0 aliphatic heterocycles. The van der Waals surface area contributed by atoms with Crippen LogP contribution in [-0.4, -0.2) is 25.3 Å². The quantitative estimate of drug-likeness (QED) is 0.652. The molecule has 0 spiro atoms. The fourth-order valence-corrected chi connectivity index (χ4v) is 2.17. The number of methoxy groups -OCH3 is 2. The Labute approximate surface area is 135 Å². The predicted octanol–water partition coefficient (Wildman–Crippen LogP) is 3.78. The highest BCUT2D eigenvalue weighted by molar-refractivity contribution is 5.84. The van der Waals surface area contributed by atoms with Crippen molar-refractivity contribution in [1.29, 1.82) is 0 Å². The lowest BCUT2D eigenvalue weighted by molar-refractivity contribution is -0.131. The third kappa shape index (κ3) is 4.48. The Hall–Kier alpha value is -3.01. The van der Waals surface area contributed by atoms with Crippen LogP contribution in [0.15, 0.2) is 66.8 Å². The number of aliphatic carboxylic acids is 1. The minimum absolute atomic E-state index is 0.735. The molecule has 118 valence electrons. The molecule has 0 fully saturated rings. The lowest BCUT2D eigenvalue weighted by Crippen LogP contribution is -1.92. The van der Waals surface area contributed by atoms with Gasteiger partial charge in [-0.15, -0.1) is 0 Å². The first-order valence-corrected chi connectivity index (χ1v) is 7.04. The average Bonchev–Trinajstić information content (AvgIpc) is 2.58. The van der Waals surface area contributed by atoms with E-state index < -0.39 is 5.97 Å². The van der Waals surface area contributed by atoms with Gasteiger partial charge < -0.3 is 14.6 Å². The Balaban J connectivity index is 2.52. The highest BCUT2D eigenvalue weighted by Crippen LogP contribution is 2.28. The zero-order chi connectivity index (χ0) is 16.7. The van der Waals surface area contributed by atoms with Gasteiger partial charge in [-0.25, -0.2) is 4.79 Å². The van der Waals surface area contributed by atoms with Crippen molar-refractivity contribution in [2.24, 2.45) is 0 Å². The number of benzene rings is 2. The summed E-state index contributed by atoms with van der Waals surface area (Å²) in [6.45, 7) is 0. The van der Waals surface area contributed by atoms with Crippen molar-refractivity contribution in [1.82, 2.24) is 0 Å². The molecule has 4 nitrogen and oxygen atoms in total. The summed E-state index contributed by atoms with van der Waals surface area (Å²) in [6.07, 6.45) is 4.37. The van der Waals surface area contributed by atoms with Gasteiger partial charge >= 0.3 is 5.97 Å². The predicted molar refractivity (Wildman–Crippen MR) is 89.8 cm³/mol. The monoisotopic (exact) mass is 310 g/mol. The van der Waals surface area contributed by atoms with E-state index in [0.29, 0.717) is 0 Å². The first kappa shape index (κ1) is 16.4. The number of hydrogen-bond acceptors (Lipinski definition) is 3. The van der Waals surface area contributed by atoms with Gasteiger partial charge in [0, 0.05) is 6.08 Å². The van der Waals surface area contributed by atoms with Gasteiger partial charge in [0.15, 0.2) is 0 Å². The molecule has 2 aromatic carbocycles. The maximum atomic E-state index is 10.7. The van der Waals surface area contributed by atoms with E-state index in [1.54, 1.807) is 20.3 Å². The molecule has 0 heterocycles. The standard InChI is InChI=1S/C19H18O4/c1-22-16-8-3-6-14(12-16)18(10-5-11-19(20)21)15-7-4-9-17(13-15)23-2/h3-13H,1-2H3,(H,20,21). The van der Waals surface area contributed by atoms with Crippen LogP contribution in [0.3, 0.4) is 0 Å². The van der Waals surface area contributed by atoms with E-state index in [0.717, 1.165) is 34.3 Å². The van der Waals surface area contributed by atoms with Gasteiger partial charge in [-0.2, -0.15) is 0 Å². The summed E-state index contributed by atoms with van der Waals surface area (Å²) in [5.41, 5.74) is 2.72. The molecule has 1 N–H and O–H groups in total. The second-order valence-corrected chi connectivity index (χ2v) is 4.74. The number of hydrogen-bond donors (Lipinski definition) is 1. The Morgan fingerprint density at radius 2 is 1.48 bits per heavy atom. The zero-order valence-electron chi connectivity index (χ0n) is 13.0. The summed E-state index contributed by atoms with van der Waals surface area (Å²) >= 11 is 0. The highest BCUT2D eigenvalue weighted by Gasteiger charge is 2.07. The maximum absolute atomic E-state index is 10.7. The summed E-state index contributed by atoms with van der Waals surface area (Å²) < 4.78 is 10.5. The molecule has 0 saturated carbocycles. The minimum atomic E-state index is -0.989. The van der Waals surface area contributed by atoms with Crippen LogP contribution in [0.5, 0.6) is 11.5 Å². The van der Waals surface area contributed by atoms with Gasteiger partial charge in [-0.1, -0.05) is 36.4 Å². The summed E-state index contributed by atoms with van der Waals surface area (Å²) in [7, 11) is 3.22. The van der Waals surface area contributed by atoms with E-state index in [2.05, 4.69) is 0 Å². The van der Waals surface area contributed by atoms with Crippen LogP contribution in [0.25, 0.3) is 5.57 Å². The largest absolute Gasteiger partial charge is 0.497 e. The van der Waals surface area contributed by atoms with Crippen LogP contribution >= 0.6 is 0 Å². The second-order valence-electron chi connectivity index (χ2n) is 4.74. The van der Waals surface area contributed by atoms with Crippen molar-refractivity contribution in [3.05, 3.63) is 77.9 Å². The molecule has 0 unspecified atom stereocenters. The number of ether oxygens (including phenoxy) is 2. The van der Waals surface area contributed by atoms with Crippen molar-refractivity contribution >= 4 is 11.5 Å². The summed E-state index contributed by atoms with van der Waals surface area (Å²) in [5.74, 6) is 0.480. The fourth-order valence-electron chi connectivity index (χ4n) is 2.17. The smallest absolute Gasteiger partial charge is 0.328 e. The Morgan fingerprint density at radius 3 is 1.91 bits per heavy atom. The maximum Gasteiger partial charge on any atom is 0.328 e. The first-order valence-electron chi connectivity index (χ1n) is 7.04. The highest BCUT2D eigenvalue weighted by atomic mass is 16.5. The molecule has 2 rings (SSSR count). The van der Waals surface area contributed by atoms with E-state index in [4.69, 9.17) is 14.6 Å². The number of rotatable bonds is 6. The molecule has 0 aliphatic carbocycles. The van der Waals surface area contributed by atoms with E-state index in [-0.39, 0.29) is 0 Å². The Bertz CT molecular complexity index is 695. The molecule has 2 aromatic rings. The summed E-state index contributed by atoms with van der Waals surface area (Å²) in [6, 6.07) is 15.2.